The minimum absolute atomic E-state index is 0.0118. The van der Waals surface area contributed by atoms with Crippen LogP contribution >= 0.6 is 0 Å². The molecule has 13 heteroatoms. The van der Waals surface area contributed by atoms with Crippen molar-refractivity contribution in [2.45, 2.75) is 51.7 Å². The van der Waals surface area contributed by atoms with Crippen LogP contribution in [0.15, 0.2) is 60.8 Å². The van der Waals surface area contributed by atoms with E-state index in [1.165, 1.54) is 6.07 Å². The molecule has 5 aromatic rings. The zero-order valence-electron chi connectivity index (χ0n) is 24.5. The van der Waals surface area contributed by atoms with Gasteiger partial charge in [-0.2, -0.15) is 10.2 Å². The Hall–Kier alpha value is -5.35. The number of ether oxygens (including phenoxy) is 1. The third-order valence-corrected chi connectivity index (χ3v) is 8.52. The van der Waals surface area contributed by atoms with Crippen molar-refractivity contribution < 1.29 is 19.0 Å². The number of fused-ring (bicyclic) bond motifs is 2. The Morgan fingerprint density at radius 1 is 1.11 bits per heavy atom. The van der Waals surface area contributed by atoms with Crippen LogP contribution < -0.4 is 9.64 Å². The van der Waals surface area contributed by atoms with Crippen LogP contribution in [-0.2, 0) is 26.2 Å². The number of carboxylic acids is 1. The number of rotatable bonds is 10. The van der Waals surface area contributed by atoms with Gasteiger partial charge in [0.25, 0.3) is 0 Å². The standard InChI is InChI=1S/C32H30FN9O3/c1-2-42-23(16-35-38-42)17-41-26-13-21(32(43)44)8-9-25(26)36-30(41)18-39-10-11-40(28-14-27(28)39)29-4-3-5-31(37-29)45-19-22-7-6-20(15-34)12-24(22)33/h3-9,12-13,16,27-28H,2,10-11,14,17-19H2,1H3,(H,43,44). The van der Waals surface area contributed by atoms with Gasteiger partial charge in [0.1, 0.15) is 24.1 Å². The first-order valence-corrected chi connectivity index (χ1v) is 14.8. The van der Waals surface area contributed by atoms with E-state index in [9.17, 15) is 14.3 Å². The molecule has 2 fully saturated rings. The van der Waals surface area contributed by atoms with E-state index in [4.69, 9.17) is 20.0 Å². The average Bonchev–Trinajstić information content (AvgIpc) is 3.62. The maximum atomic E-state index is 14.3. The van der Waals surface area contributed by atoms with Gasteiger partial charge in [-0.05, 0) is 49.7 Å². The number of nitrogens with zero attached hydrogens (tertiary/aromatic N) is 9. The van der Waals surface area contributed by atoms with Crippen molar-refractivity contribution in [1.29, 1.82) is 5.26 Å². The van der Waals surface area contributed by atoms with Gasteiger partial charge in [-0.15, -0.1) is 5.10 Å². The molecule has 2 aliphatic rings. The number of nitriles is 1. The second-order valence-electron chi connectivity index (χ2n) is 11.2. The number of hydrogen-bond acceptors (Lipinski definition) is 9. The van der Waals surface area contributed by atoms with Crippen molar-refractivity contribution in [2.75, 3.05) is 18.0 Å². The number of halogens is 1. The van der Waals surface area contributed by atoms with E-state index in [2.05, 4.69) is 24.7 Å². The number of imidazole rings is 1. The summed E-state index contributed by atoms with van der Waals surface area (Å²) in [6.45, 7) is 5.35. The van der Waals surface area contributed by atoms with Crippen LogP contribution in [0.1, 0.15) is 46.3 Å². The highest BCUT2D eigenvalue weighted by Gasteiger charge is 2.49. The van der Waals surface area contributed by atoms with Crippen molar-refractivity contribution in [3.8, 4) is 11.9 Å². The third-order valence-electron chi connectivity index (χ3n) is 8.52. The first-order chi connectivity index (χ1) is 21.9. The number of aromatic nitrogens is 6. The van der Waals surface area contributed by atoms with Crippen LogP contribution in [0.5, 0.6) is 5.88 Å². The lowest BCUT2D eigenvalue weighted by atomic mass is 10.1. The molecule has 1 saturated heterocycles. The molecule has 228 valence electrons. The molecule has 45 heavy (non-hydrogen) atoms. The van der Waals surface area contributed by atoms with Gasteiger partial charge in [0.2, 0.25) is 5.88 Å². The second-order valence-corrected chi connectivity index (χ2v) is 11.2. The summed E-state index contributed by atoms with van der Waals surface area (Å²) in [4.78, 5) is 26.1. The summed E-state index contributed by atoms with van der Waals surface area (Å²) in [6, 6.07) is 17.5. The molecule has 0 radical (unpaired) electrons. The Labute approximate surface area is 257 Å². The first kappa shape index (κ1) is 28.4. The molecule has 1 aliphatic heterocycles. The van der Waals surface area contributed by atoms with Crippen LogP contribution in [0.3, 0.4) is 0 Å². The van der Waals surface area contributed by atoms with Gasteiger partial charge in [0.05, 0.1) is 53.2 Å². The highest BCUT2D eigenvalue weighted by Crippen LogP contribution is 2.40. The predicted molar refractivity (Wildman–Crippen MR) is 161 cm³/mol. The van der Waals surface area contributed by atoms with E-state index < -0.39 is 11.8 Å². The van der Waals surface area contributed by atoms with E-state index in [1.54, 1.807) is 42.6 Å². The predicted octanol–water partition coefficient (Wildman–Crippen LogP) is 3.84. The quantitative estimate of drug-likeness (QED) is 0.249. The summed E-state index contributed by atoms with van der Waals surface area (Å²) in [6.07, 6.45) is 2.72. The number of piperazine rings is 1. The minimum atomic E-state index is -0.979. The van der Waals surface area contributed by atoms with Crippen LogP contribution in [0, 0.1) is 17.1 Å². The van der Waals surface area contributed by atoms with E-state index in [1.807, 2.05) is 29.8 Å². The van der Waals surface area contributed by atoms with Crippen molar-refractivity contribution in [3.63, 3.8) is 0 Å². The largest absolute Gasteiger partial charge is 0.478 e. The summed E-state index contributed by atoms with van der Waals surface area (Å²) in [5, 5.41) is 26.8. The molecule has 1 N–H and O–H groups in total. The zero-order valence-corrected chi connectivity index (χ0v) is 24.5. The number of pyridine rings is 1. The molecule has 0 bridgehead atoms. The number of aromatic carboxylic acids is 1. The summed E-state index contributed by atoms with van der Waals surface area (Å²) in [5.74, 6) is 0.623. The fourth-order valence-corrected chi connectivity index (χ4v) is 6.09. The highest BCUT2D eigenvalue weighted by molar-refractivity contribution is 5.92. The highest BCUT2D eigenvalue weighted by atomic mass is 19.1. The molecule has 2 aromatic carbocycles. The Kier molecular flexibility index (Phi) is 7.34. The van der Waals surface area contributed by atoms with Gasteiger partial charge in [0, 0.05) is 43.3 Å². The molecule has 1 aliphatic carbocycles. The lowest BCUT2D eigenvalue weighted by molar-refractivity contribution is 0.0697. The van der Waals surface area contributed by atoms with Gasteiger partial charge >= 0.3 is 5.97 Å². The summed E-state index contributed by atoms with van der Waals surface area (Å²) < 4.78 is 24.1. The summed E-state index contributed by atoms with van der Waals surface area (Å²) in [5.41, 5.74) is 3.27. The molecule has 1 saturated carbocycles. The first-order valence-electron chi connectivity index (χ1n) is 14.8. The number of carboxylic acid groups (broad SMARTS) is 1. The molecule has 12 nitrogen and oxygen atoms in total. The van der Waals surface area contributed by atoms with Gasteiger partial charge in [0.15, 0.2) is 0 Å². The topological polar surface area (TPSA) is 138 Å². The smallest absolute Gasteiger partial charge is 0.335 e. The monoisotopic (exact) mass is 607 g/mol. The van der Waals surface area contributed by atoms with Gasteiger partial charge in [-0.1, -0.05) is 17.3 Å². The molecular formula is C32H30FN9O3. The number of aryl methyl sites for hydroxylation is 1. The maximum absolute atomic E-state index is 14.3. The van der Waals surface area contributed by atoms with Gasteiger partial charge < -0.3 is 19.3 Å². The Balaban J connectivity index is 1.07. The molecule has 0 spiro atoms. The Morgan fingerprint density at radius 2 is 2.00 bits per heavy atom. The van der Waals surface area contributed by atoms with Crippen molar-refractivity contribution in [1.82, 2.24) is 34.4 Å². The number of benzene rings is 2. The van der Waals surface area contributed by atoms with E-state index in [0.29, 0.717) is 43.2 Å². The summed E-state index contributed by atoms with van der Waals surface area (Å²) >= 11 is 0. The minimum Gasteiger partial charge on any atom is -0.478 e. The molecule has 0 amide bonds. The van der Waals surface area contributed by atoms with Crippen LogP contribution in [0.4, 0.5) is 10.2 Å². The summed E-state index contributed by atoms with van der Waals surface area (Å²) in [7, 11) is 0. The molecule has 3 aromatic heterocycles. The fraction of sp³-hybridized carbons (Fsp3) is 0.312. The lowest BCUT2D eigenvalue weighted by Crippen LogP contribution is -2.46. The lowest BCUT2D eigenvalue weighted by Gasteiger charge is -2.34. The van der Waals surface area contributed by atoms with E-state index in [-0.39, 0.29) is 17.7 Å². The Morgan fingerprint density at radius 3 is 2.80 bits per heavy atom. The normalized spacial score (nSPS) is 17.7. The van der Waals surface area contributed by atoms with Crippen LogP contribution in [-0.4, -0.2) is 70.7 Å². The maximum Gasteiger partial charge on any atom is 0.335 e. The molecule has 2 atom stereocenters. The van der Waals surface area contributed by atoms with Crippen molar-refractivity contribution in [2.24, 2.45) is 0 Å². The average molecular weight is 608 g/mol. The zero-order chi connectivity index (χ0) is 31.1. The number of carbonyl (C=O) groups is 1. The number of anilines is 1. The van der Waals surface area contributed by atoms with E-state index >= 15 is 0 Å². The van der Waals surface area contributed by atoms with Gasteiger partial charge in [-0.25, -0.2) is 18.9 Å². The molecule has 4 heterocycles. The fourth-order valence-electron chi connectivity index (χ4n) is 6.09. The molecule has 2 unspecified atom stereocenters. The second kappa shape index (κ2) is 11.6. The molecule has 7 rings (SSSR count). The van der Waals surface area contributed by atoms with Crippen molar-refractivity contribution >= 4 is 22.8 Å². The van der Waals surface area contributed by atoms with E-state index in [0.717, 1.165) is 47.9 Å². The third kappa shape index (κ3) is 5.56. The SMILES string of the molecule is CCn1nncc1Cn1c(CN2CCN(c3cccc(OCc4ccc(C#N)cc4F)n3)C3CC32)nc2ccc(C(=O)O)cc21. The number of hydrogen-bond donors (Lipinski definition) is 1. The molecular weight excluding hydrogens is 577 g/mol. The van der Waals surface area contributed by atoms with Crippen LogP contribution in [0.2, 0.25) is 0 Å². The van der Waals surface area contributed by atoms with Crippen molar-refractivity contribution in [3.05, 3.63) is 94.8 Å². The van der Waals surface area contributed by atoms with Gasteiger partial charge in [-0.3, -0.25) is 4.90 Å². The Bertz CT molecular complexity index is 1950. The van der Waals surface area contributed by atoms with Crippen LogP contribution in [0.25, 0.3) is 11.0 Å².